The van der Waals surface area contributed by atoms with E-state index in [-0.39, 0.29) is 5.97 Å². The predicted octanol–water partition coefficient (Wildman–Crippen LogP) is 3.66. The molecule has 1 fully saturated rings. The van der Waals surface area contributed by atoms with Crippen molar-refractivity contribution in [3.05, 3.63) is 11.1 Å². The van der Waals surface area contributed by atoms with Crippen LogP contribution in [0.15, 0.2) is 5.38 Å². The molecule has 1 aliphatic rings. The van der Waals surface area contributed by atoms with Crippen molar-refractivity contribution >= 4 is 22.4 Å². The highest BCUT2D eigenvalue weighted by Gasteiger charge is 2.17. The summed E-state index contributed by atoms with van der Waals surface area (Å²) in [6.07, 6.45) is 7.95. The zero-order valence-electron chi connectivity index (χ0n) is 13.1. The summed E-state index contributed by atoms with van der Waals surface area (Å²) in [7, 11) is 2.13. The summed E-state index contributed by atoms with van der Waals surface area (Å²) < 4.78 is 4.94. The van der Waals surface area contributed by atoms with E-state index in [1.54, 1.807) is 11.3 Å². The molecule has 118 valence electrons. The van der Waals surface area contributed by atoms with Gasteiger partial charge in [-0.05, 0) is 25.7 Å². The molecule has 0 bridgehead atoms. The van der Waals surface area contributed by atoms with Crippen LogP contribution in [-0.2, 0) is 16.0 Å². The molecule has 0 unspecified atom stereocenters. The first-order chi connectivity index (χ1) is 10.2. The topological polar surface area (TPSA) is 42.4 Å². The molecule has 0 radical (unpaired) electrons. The van der Waals surface area contributed by atoms with Crippen molar-refractivity contribution in [1.82, 2.24) is 4.98 Å². The van der Waals surface area contributed by atoms with E-state index in [0.717, 1.165) is 23.3 Å². The summed E-state index contributed by atoms with van der Waals surface area (Å²) in [5.74, 6) is 0.679. The number of rotatable bonds is 7. The minimum absolute atomic E-state index is 0.136. The van der Waals surface area contributed by atoms with Gasteiger partial charge in [0.2, 0.25) is 0 Å². The minimum Gasteiger partial charge on any atom is -0.466 e. The van der Waals surface area contributed by atoms with Gasteiger partial charge in [-0.15, -0.1) is 11.3 Å². The number of nitrogens with zero attached hydrogens (tertiary/aromatic N) is 2. The number of anilines is 1. The first kappa shape index (κ1) is 16.3. The van der Waals surface area contributed by atoms with Gasteiger partial charge in [-0.25, -0.2) is 4.98 Å². The second-order valence-corrected chi connectivity index (χ2v) is 6.65. The highest BCUT2D eigenvalue weighted by molar-refractivity contribution is 7.13. The maximum Gasteiger partial charge on any atom is 0.306 e. The molecule has 1 heterocycles. The Hall–Kier alpha value is -1.10. The molecule has 0 aliphatic heterocycles. The van der Waals surface area contributed by atoms with E-state index in [2.05, 4.69) is 22.3 Å². The Labute approximate surface area is 131 Å². The van der Waals surface area contributed by atoms with Gasteiger partial charge >= 0.3 is 5.97 Å². The van der Waals surface area contributed by atoms with Gasteiger partial charge in [-0.3, -0.25) is 4.79 Å². The molecule has 0 aromatic carbocycles. The monoisotopic (exact) mass is 310 g/mol. The maximum atomic E-state index is 11.4. The van der Waals surface area contributed by atoms with E-state index in [1.165, 1.54) is 32.1 Å². The molecular weight excluding hydrogens is 284 g/mol. The van der Waals surface area contributed by atoms with Gasteiger partial charge in [0.15, 0.2) is 5.13 Å². The molecule has 1 aliphatic carbocycles. The zero-order chi connectivity index (χ0) is 15.1. The Morgan fingerprint density at radius 1 is 1.43 bits per heavy atom. The predicted molar refractivity (Wildman–Crippen MR) is 86.9 cm³/mol. The first-order valence-electron chi connectivity index (χ1n) is 8.00. The normalized spacial score (nSPS) is 15.9. The fraction of sp³-hybridized carbons (Fsp3) is 0.750. The standard InChI is InChI=1S/C16H26N2O2S/c1-3-20-15(19)10-9-14-12-21-16(17-14)18(2)11-13-7-5-4-6-8-13/h12-13H,3-11H2,1-2H3. The van der Waals surface area contributed by atoms with Gasteiger partial charge in [-0.1, -0.05) is 19.3 Å². The molecule has 0 N–H and O–H groups in total. The van der Waals surface area contributed by atoms with E-state index < -0.39 is 0 Å². The second kappa shape index (κ2) is 8.37. The highest BCUT2D eigenvalue weighted by atomic mass is 32.1. The molecular formula is C16H26N2O2S. The number of thiazole rings is 1. The summed E-state index contributed by atoms with van der Waals surface area (Å²) in [6.45, 7) is 3.38. The van der Waals surface area contributed by atoms with Crippen LogP contribution in [-0.4, -0.2) is 31.2 Å². The van der Waals surface area contributed by atoms with Crippen molar-refractivity contribution in [3.63, 3.8) is 0 Å². The van der Waals surface area contributed by atoms with E-state index >= 15 is 0 Å². The Morgan fingerprint density at radius 3 is 2.90 bits per heavy atom. The number of carbonyl (C=O) groups is 1. The maximum absolute atomic E-state index is 11.4. The third kappa shape index (κ3) is 5.30. The van der Waals surface area contributed by atoms with Gasteiger partial charge in [-0.2, -0.15) is 0 Å². The zero-order valence-corrected chi connectivity index (χ0v) is 14.0. The van der Waals surface area contributed by atoms with Crippen molar-refractivity contribution in [3.8, 4) is 0 Å². The van der Waals surface area contributed by atoms with Crippen LogP contribution in [0.4, 0.5) is 5.13 Å². The van der Waals surface area contributed by atoms with Crippen molar-refractivity contribution in [2.75, 3.05) is 25.1 Å². The number of hydrogen-bond acceptors (Lipinski definition) is 5. The van der Waals surface area contributed by atoms with E-state index in [4.69, 9.17) is 4.74 Å². The fourth-order valence-electron chi connectivity index (χ4n) is 2.88. The van der Waals surface area contributed by atoms with Crippen LogP contribution in [0, 0.1) is 5.92 Å². The molecule has 2 rings (SSSR count). The molecule has 1 saturated carbocycles. The number of carbonyl (C=O) groups excluding carboxylic acids is 1. The van der Waals surface area contributed by atoms with Crippen molar-refractivity contribution in [1.29, 1.82) is 0 Å². The Kier molecular flexibility index (Phi) is 6.49. The van der Waals surface area contributed by atoms with Crippen LogP contribution in [0.5, 0.6) is 0 Å². The fourth-order valence-corrected chi connectivity index (χ4v) is 3.72. The van der Waals surface area contributed by atoms with Crippen LogP contribution in [0.1, 0.15) is 51.1 Å². The lowest BCUT2D eigenvalue weighted by Gasteiger charge is -2.26. The molecule has 1 aromatic heterocycles. The second-order valence-electron chi connectivity index (χ2n) is 5.81. The first-order valence-corrected chi connectivity index (χ1v) is 8.88. The van der Waals surface area contributed by atoms with Gasteiger partial charge in [0.1, 0.15) is 0 Å². The van der Waals surface area contributed by atoms with Crippen LogP contribution >= 0.6 is 11.3 Å². The Morgan fingerprint density at radius 2 is 2.19 bits per heavy atom. The van der Waals surface area contributed by atoms with E-state index in [1.807, 2.05) is 6.92 Å². The van der Waals surface area contributed by atoms with E-state index in [9.17, 15) is 4.79 Å². The summed E-state index contributed by atoms with van der Waals surface area (Å²) in [5, 5.41) is 3.13. The number of aryl methyl sites for hydroxylation is 1. The Bertz CT molecular complexity index is 441. The van der Waals surface area contributed by atoms with Crippen LogP contribution in [0.25, 0.3) is 0 Å². The van der Waals surface area contributed by atoms with Crippen molar-refractivity contribution < 1.29 is 9.53 Å². The molecule has 1 aromatic rings. The van der Waals surface area contributed by atoms with Crippen LogP contribution in [0.2, 0.25) is 0 Å². The SMILES string of the molecule is CCOC(=O)CCc1csc(N(C)CC2CCCCC2)n1. The summed E-state index contributed by atoms with van der Waals surface area (Å²) in [5.41, 5.74) is 0.999. The Balaban J connectivity index is 1.79. The molecule has 0 atom stereocenters. The average molecular weight is 310 g/mol. The number of esters is 1. The van der Waals surface area contributed by atoms with Gasteiger partial charge in [0.25, 0.3) is 0 Å². The number of aromatic nitrogens is 1. The lowest BCUT2D eigenvalue weighted by Crippen LogP contribution is -2.26. The van der Waals surface area contributed by atoms with Crippen molar-refractivity contribution in [2.24, 2.45) is 5.92 Å². The van der Waals surface area contributed by atoms with Crippen LogP contribution < -0.4 is 4.90 Å². The molecule has 0 amide bonds. The summed E-state index contributed by atoms with van der Waals surface area (Å²) in [6, 6.07) is 0. The number of ether oxygens (including phenoxy) is 1. The van der Waals surface area contributed by atoms with E-state index in [0.29, 0.717) is 19.4 Å². The lowest BCUT2D eigenvalue weighted by atomic mass is 9.89. The smallest absolute Gasteiger partial charge is 0.306 e. The molecule has 0 spiro atoms. The summed E-state index contributed by atoms with van der Waals surface area (Å²) in [4.78, 5) is 18.3. The number of hydrogen-bond donors (Lipinski definition) is 0. The van der Waals surface area contributed by atoms with Gasteiger partial charge in [0.05, 0.1) is 18.7 Å². The summed E-state index contributed by atoms with van der Waals surface area (Å²) >= 11 is 1.67. The third-order valence-corrected chi connectivity index (χ3v) is 5.02. The third-order valence-electron chi connectivity index (χ3n) is 4.01. The van der Waals surface area contributed by atoms with Gasteiger partial charge in [0, 0.05) is 25.4 Å². The molecule has 0 saturated heterocycles. The van der Waals surface area contributed by atoms with Crippen LogP contribution in [0.3, 0.4) is 0 Å². The average Bonchev–Trinajstić information content (AvgIpc) is 2.95. The molecule has 5 heteroatoms. The largest absolute Gasteiger partial charge is 0.466 e. The minimum atomic E-state index is -0.136. The molecule has 21 heavy (non-hydrogen) atoms. The molecule has 4 nitrogen and oxygen atoms in total. The quantitative estimate of drug-likeness (QED) is 0.721. The van der Waals surface area contributed by atoms with Crippen molar-refractivity contribution in [2.45, 2.75) is 51.9 Å². The highest BCUT2D eigenvalue weighted by Crippen LogP contribution is 2.27. The lowest BCUT2D eigenvalue weighted by molar-refractivity contribution is -0.143. The van der Waals surface area contributed by atoms with Gasteiger partial charge < -0.3 is 9.64 Å².